The minimum atomic E-state index is -1.19. The number of hydrogen-bond acceptors (Lipinski definition) is 3. The van der Waals surface area contributed by atoms with E-state index in [9.17, 15) is 14.9 Å². The molecule has 0 saturated heterocycles. The number of nitrogens with zero attached hydrogens (tertiary/aromatic N) is 2. The predicted octanol–water partition coefficient (Wildman–Crippen LogP) is 1.28. The van der Waals surface area contributed by atoms with Gasteiger partial charge in [-0.2, -0.15) is 0 Å². The van der Waals surface area contributed by atoms with Crippen molar-refractivity contribution in [2.24, 2.45) is 0 Å². The molecule has 0 spiro atoms. The summed E-state index contributed by atoms with van der Waals surface area (Å²) in [6, 6.07) is 1.02. The van der Waals surface area contributed by atoms with Crippen LogP contribution in [-0.4, -0.2) is 20.6 Å². The maximum atomic E-state index is 10.7. The third-order valence-electron chi connectivity index (χ3n) is 1.64. The van der Waals surface area contributed by atoms with Crippen LogP contribution in [0.3, 0.4) is 0 Å². The van der Waals surface area contributed by atoms with Crippen molar-refractivity contribution in [3.8, 4) is 0 Å². The molecule has 0 aliphatic carbocycles. The van der Waals surface area contributed by atoms with Crippen LogP contribution in [0.25, 0.3) is 0 Å². The third kappa shape index (κ3) is 1.79. The van der Waals surface area contributed by atoms with Gasteiger partial charge in [0, 0.05) is 12.6 Å². The summed E-state index contributed by atoms with van der Waals surface area (Å²) in [6.07, 6.45) is 2.64. The van der Waals surface area contributed by atoms with Crippen LogP contribution in [0, 0.1) is 10.1 Å². The van der Waals surface area contributed by atoms with Crippen LogP contribution in [-0.2, 0) is 6.54 Å². The first-order valence-electron chi connectivity index (χ1n) is 3.75. The zero-order valence-corrected chi connectivity index (χ0v) is 7.21. The monoisotopic (exact) mass is 196 g/mol. The Morgan fingerprint density at radius 1 is 1.79 bits per heavy atom. The number of carboxylic acids is 1. The Balaban J connectivity index is 3.18. The quantitative estimate of drug-likeness (QED) is 0.446. The number of allylic oxidation sites excluding steroid dienone is 1. The molecule has 1 heterocycles. The van der Waals surface area contributed by atoms with Gasteiger partial charge in [-0.25, -0.2) is 4.79 Å². The van der Waals surface area contributed by atoms with Gasteiger partial charge in [0.2, 0.25) is 0 Å². The van der Waals surface area contributed by atoms with Crippen molar-refractivity contribution in [2.75, 3.05) is 0 Å². The molecule has 0 atom stereocenters. The van der Waals surface area contributed by atoms with Crippen molar-refractivity contribution in [3.05, 3.63) is 40.7 Å². The Hall–Kier alpha value is -2.11. The Bertz CT molecular complexity index is 394. The van der Waals surface area contributed by atoms with Crippen molar-refractivity contribution >= 4 is 11.7 Å². The minimum absolute atomic E-state index is 0.114. The molecule has 1 rings (SSSR count). The first-order valence-corrected chi connectivity index (χ1v) is 3.75. The van der Waals surface area contributed by atoms with Gasteiger partial charge >= 0.3 is 5.97 Å². The second-order valence-corrected chi connectivity index (χ2v) is 2.59. The summed E-state index contributed by atoms with van der Waals surface area (Å²) in [5, 5.41) is 19.1. The number of carboxylic acid groups (broad SMARTS) is 1. The molecule has 0 radical (unpaired) electrons. The van der Waals surface area contributed by atoms with Crippen molar-refractivity contribution in [3.63, 3.8) is 0 Å². The van der Waals surface area contributed by atoms with E-state index in [2.05, 4.69) is 6.58 Å². The Labute approximate surface area is 79.2 Å². The fourth-order valence-electron chi connectivity index (χ4n) is 1.06. The van der Waals surface area contributed by atoms with Crippen molar-refractivity contribution < 1.29 is 14.8 Å². The highest BCUT2D eigenvalue weighted by molar-refractivity contribution is 5.86. The largest absolute Gasteiger partial charge is 0.477 e. The molecule has 1 N–H and O–H groups in total. The summed E-state index contributed by atoms with van der Waals surface area (Å²) < 4.78 is 1.26. The van der Waals surface area contributed by atoms with Gasteiger partial charge in [0.1, 0.15) is 5.69 Å². The lowest BCUT2D eigenvalue weighted by Gasteiger charge is -1.99. The van der Waals surface area contributed by atoms with E-state index in [0.29, 0.717) is 0 Å². The Morgan fingerprint density at radius 3 is 2.86 bits per heavy atom. The number of carbonyl (C=O) groups is 1. The molecule has 1 aromatic rings. The highest BCUT2D eigenvalue weighted by Crippen LogP contribution is 2.16. The van der Waals surface area contributed by atoms with E-state index in [1.807, 2.05) is 0 Å². The van der Waals surface area contributed by atoms with E-state index in [1.54, 1.807) is 0 Å². The van der Waals surface area contributed by atoms with Crippen LogP contribution in [0.5, 0.6) is 0 Å². The predicted molar refractivity (Wildman–Crippen MR) is 48.2 cm³/mol. The van der Waals surface area contributed by atoms with Crippen molar-refractivity contribution in [2.45, 2.75) is 6.54 Å². The lowest BCUT2D eigenvalue weighted by Crippen LogP contribution is -2.06. The van der Waals surface area contributed by atoms with Crippen LogP contribution in [0.15, 0.2) is 24.9 Å². The zero-order chi connectivity index (χ0) is 10.7. The lowest BCUT2D eigenvalue weighted by molar-refractivity contribution is -0.384. The minimum Gasteiger partial charge on any atom is -0.477 e. The second kappa shape index (κ2) is 3.73. The van der Waals surface area contributed by atoms with Crippen LogP contribution in [0.1, 0.15) is 10.5 Å². The summed E-state index contributed by atoms with van der Waals surface area (Å²) >= 11 is 0. The molecule has 74 valence electrons. The van der Waals surface area contributed by atoms with Gasteiger partial charge in [0.25, 0.3) is 5.69 Å². The zero-order valence-electron chi connectivity index (χ0n) is 7.21. The van der Waals surface area contributed by atoms with E-state index in [0.717, 1.165) is 6.07 Å². The van der Waals surface area contributed by atoms with Gasteiger partial charge in [-0.1, -0.05) is 6.08 Å². The van der Waals surface area contributed by atoms with Gasteiger partial charge in [0.15, 0.2) is 0 Å². The van der Waals surface area contributed by atoms with Gasteiger partial charge < -0.3 is 9.67 Å². The number of nitro groups is 1. The van der Waals surface area contributed by atoms with E-state index in [4.69, 9.17) is 5.11 Å². The highest BCUT2D eigenvalue weighted by atomic mass is 16.6. The number of hydrogen-bond donors (Lipinski definition) is 1. The summed E-state index contributed by atoms with van der Waals surface area (Å²) in [4.78, 5) is 20.4. The SMILES string of the molecule is C=CCn1cc([N+](=O)[O-])cc1C(=O)O. The summed E-state index contributed by atoms with van der Waals surface area (Å²) in [6.45, 7) is 3.66. The molecule has 6 nitrogen and oxygen atoms in total. The molecule has 0 aromatic carbocycles. The smallest absolute Gasteiger partial charge is 0.352 e. The highest BCUT2D eigenvalue weighted by Gasteiger charge is 2.17. The molecule has 6 heteroatoms. The topological polar surface area (TPSA) is 85.4 Å². The molecular weight excluding hydrogens is 188 g/mol. The first kappa shape index (κ1) is 9.97. The maximum Gasteiger partial charge on any atom is 0.352 e. The van der Waals surface area contributed by atoms with Crippen LogP contribution in [0.4, 0.5) is 5.69 Å². The van der Waals surface area contributed by atoms with Gasteiger partial charge in [-0.3, -0.25) is 10.1 Å². The van der Waals surface area contributed by atoms with Crippen LogP contribution < -0.4 is 0 Å². The van der Waals surface area contributed by atoms with E-state index < -0.39 is 10.9 Å². The number of rotatable bonds is 4. The molecule has 0 unspecified atom stereocenters. The average Bonchev–Trinajstić information content (AvgIpc) is 2.49. The molecule has 0 aliphatic heterocycles. The molecule has 0 aliphatic rings. The molecule has 0 saturated carbocycles. The molecule has 0 fully saturated rings. The van der Waals surface area contributed by atoms with E-state index in [1.165, 1.54) is 16.8 Å². The van der Waals surface area contributed by atoms with Gasteiger partial charge in [-0.05, 0) is 0 Å². The Morgan fingerprint density at radius 2 is 2.43 bits per heavy atom. The number of aromatic nitrogens is 1. The van der Waals surface area contributed by atoms with Crippen molar-refractivity contribution in [1.29, 1.82) is 0 Å². The fourth-order valence-corrected chi connectivity index (χ4v) is 1.06. The Kier molecular flexibility index (Phi) is 2.66. The van der Waals surface area contributed by atoms with Gasteiger partial charge in [-0.15, -0.1) is 6.58 Å². The summed E-state index contributed by atoms with van der Waals surface area (Å²) in [7, 11) is 0. The molecule has 1 aromatic heterocycles. The van der Waals surface area contributed by atoms with Crippen LogP contribution in [0.2, 0.25) is 0 Å². The van der Waals surface area contributed by atoms with E-state index in [-0.39, 0.29) is 17.9 Å². The van der Waals surface area contributed by atoms with Gasteiger partial charge in [0.05, 0.1) is 11.1 Å². The van der Waals surface area contributed by atoms with Crippen LogP contribution >= 0.6 is 0 Å². The summed E-state index contributed by atoms with van der Waals surface area (Å²) in [5.74, 6) is -1.19. The normalized spacial score (nSPS) is 9.71. The standard InChI is InChI=1S/C8H8N2O4/c1-2-3-9-5-6(10(13)14)4-7(9)8(11)12/h2,4-5H,1,3H2,(H,11,12). The van der Waals surface area contributed by atoms with Crippen molar-refractivity contribution in [1.82, 2.24) is 4.57 Å². The molecule has 0 bridgehead atoms. The second-order valence-electron chi connectivity index (χ2n) is 2.59. The molecular formula is C8H8N2O4. The fraction of sp³-hybridized carbons (Fsp3) is 0.125. The first-order chi connectivity index (χ1) is 6.56. The van der Waals surface area contributed by atoms with E-state index >= 15 is 0 Å². The molecule has 14 heavy (non-hydrogen) atoms. The average molecular weight is 196 g/mol. The molecule has 0 amide bonds. The number of aromatic carboxylic acids is 1. The summed E-state index contributed by atoms with van der Waals surface area (Å²) in [5.41, 5.74) is -0.346. The maximum absolute atomic E-state index is 10.7. The lowest BCUT2D eigenvalue weighted by atomic mass is 10.4. The third-order valence-corrected chi connectivity index (χ3v) is 1.64.